The number of rotatable bonds is 7. The number of ketones is 1. The zero-order valence-corrected chi connectivity index (χ0v) is 16.6. The summed E-state index contributed by atoms with van der Waals surface area (Å²) in [7, 11) is -3.62. The second kappa shape index (κ2) is 8.79. The first-order chi connectivity index (χ1) is 13.2. The van der Waals surface area contributed by atoms with Crippen molar-refractivity contribution in [3.63, 3.8) is 0 Å². The fourth-order valence-electron chi connectivity index (χ4n) is 2.40. The molecule has 0 spiro atoms. The Bertz CT molecular complexity index is 1010. The van der Waals surface area contributed by atoms with Crippen LogP contribution in [0.15, 0.2) is 53.4 Å². The van der Waals surface area contributed by atoms with Crippen molar-refractivity contribution < 1.29 is 27.5 Å². The summed E-state index contributed by atoms with van der Waals surface area (Å²) in [6.07, 6.45) is -1.18. The molecule has 1 amide bonds. The Labute approximate surface area is 163 Å². The minimum absolute atomic E-state index is 0.123. The number of carbonyl (C=O) groups is 3. The second-order valence-corrected chi connectivity index (χ2v) is 8.32. The lowest BCUT2D eigenvalue weighted by atomic mass is 10.1. The Morgan fingerprint density at radius 2 is 1.75 bits per heavy atom. The molecule has 0 aliphatic carbocycles. The SMILES string of the molecule is CCS(=O)(=O)c1ccccc1C(=O)O[C@H](C)C(=O)Nc1cccc(C(C)=O)c1. The Morgan fingerprint density at radius 1 is 1.07 bits per heavy atom. The zero-order valence-electron chi connectivity index (χ0n) is 15.8. The zero-order chi connectivity index (χ0) is 20.9. The highest BCUT2D eigenvalue weighted by Crippen LogP contribution is 2.19. The summed E-state index contributed by atoms with van der Waals surface area (Å²) >= 11 is 0. The van der Waals surface area contributed by atoms with Gasteiger partial charge in [-0.05, 0) is 38.1 Å². The average molecular weight is 403 g/mol. The van der Waals surface area contributed by atoms with E-state index in [-0.39, 0.29) is 22.0 Å². The average Bonchev–Trinajstić information content (AvgIpc) is 2.68. The number of nitrogens with one attached hydrogen (secondary N) is 1. The van der Waals surface area contributed by atoms with Gasteiger partial charge >= 0.3 is 5.97 Å². The quantitative estimate of drug-likeness (QED) is 0.563. The maximum absolute atomic E-state index is 12.4. The van der Waals surface area contributed by atoms with Crippen molar-refractivity contribution in [2.45, 2.75) is 31.8 Å². The molecule has 0 heterocycles. The van der Waals surface area contributed by atoms with Crippen LogP contribution in [0.1, 0.15) is 41.5 Å². The second-order valence-electron chi connectivity index (χ2n) is 6.07. The van der Waals surface area contributed by atoms with Gasteiger partial charge in [0.1, 0.15) is 0 Å². The lowest BCUT2D eigenvalue weighted by Crippen LogP contribution is -2.30. The number of anilines is 1. The molecule has 0 saturated carbocycles. The van der Waals surface area contributed by atoms with Crippen LogP contribution in [0.25, 0.3) is 0 Å². The van der Waals surface area contributed by atoms with Crippen molar-refractivity contribution in [2.24, 2.45) is 0 Å². The Balaban J connectivity index is 2.14. The minimum atomic E-state index is -3.62. The maximum atomic E-state index is 12.4. The van der Waals surface area contributed by atoms with Crippen LogP contribution in [-0.2, 0) is 19.4 Å². The largest absolute Gasteiger partial charge is 0.449 e. The Kier molecular flexibility index (Phi) is 6.69. The molecule has 0 aliphatic rings. The smallest absolute Gasteiger partial charge is 0.340 e. The summed E-state index contributed by atoms with van der Waals surface area (Å²) in [6, 6.07) is 12.0. The topological polar surface area (TPSA) is 107 Å². The molecule has 8 heteroatoms. The molecule has 2 rings (SSSR count). The van der Waals surface area contributed by atoms with Crippen LogP contribution in [0, 0.1) is 0 Å². The highest BCUT2D eigenvalue weighted by atomic mass is 32.2. The highest BCUT2D eigenvalue weighted by Gasteiger charge is 2.25. The van der Waals surface area contributed by atoms with E-state index in [0.717, 1.165) is 0 Å². The fraction of sp³-hybridized carbons (Fsp3) is 0.250. The molecule has 0 unspecified atom stereocenters. The summed E-state index contributed by atoms with van der Waals surface area (Å²) < 4.78 is 29.5. The highest BCUT2D eigenvalue weighted by molar-refractivity contribution is 7.91. The number of amides is 1. The van der Waals surface area contributed by atoms with Crippen LogP contribution in [-0.4, -0.2) is 37.9 Å². The van der Waals surface area contributed by atoms with Gasteiger partial charge < -0.3 is 10.1 Å². The van der Waals surface area contributed by atoms with Crippen molar-refractivity contribution in [1.29, 1.82) is 0 Å². The summed E-state index contributed by atoms with van der Waals surface area (Å²) in [6.45, 7) is 4.26. The van der Waals surface area contributed by atoms with Gasteiger partial charge in [-0.1, -0.05) is 31.2 Å². The first kappa shape index (κ1) is 21.3. The van der Waals surface area contributed by atoms with Gasteiger partial charge in [-0.3, -0.25) is 9.59 Å². The third kappa shape index (κ3) is 5.04. The van der Waals surface area contributed by atoms with Crippen LogP contribution in [0.2, 0.25) is 0 Å². The number of benzene rings is 2. The third-order valence-electron chi connectivity index (χ3n) is 4.01. The van der Waals surface area contributed by atoms with E-state index in [1.54, 1.807) is 18.2 Å². The van der Waals surface area contributed by atoms with E-state index in [2.05, 4.69) is 5.32 Å². The van der Waals surface area contributed by atoms with Crippen LogP contribution >= 0.6 is 0 Å². The summed E-state index contributed by atoms with van der Waals surface area (Å²) in [4.78, 5) is 36.0. The van der Waals surface area contributed by atoms with Gasteiger partial charge in [0.15, 0.2) is 21.7 Å². The number of carbonyl (C=O) groups excluding carboxylic acids is 3. The molecule has 0 aliphatic heterocycles. The molecule has 0 aromatic heterocycles. The van der Waals surface area contributed by atoms with Crippen molar-refractivity contribution >= 4 is 33.2 Å². The minimum Gasteiger partial charge on any atom is -0.449 e. The van der Waals surface area contributed by atoms with Gasteiger partial charge in [0.2, 0.25) is 0 Å². The van der Waals surface area contributed by atoms with E-state index >= 15 is 0 Å². The first-order valence-electron chi connectivity index (χ1n) is 8.60. The molecule has 7 nitrogen and oxygen atoms in total. The number of sulfone groups is 1. The first-order valence-corrected chi connectivity index (χ1v) is 10.3. The predicted octanol–water partition coefficient (Wildman–Crippen LogP) is 2.87. The summed E-state index contributed by atoms with van der Waals surface area (Å²) in [5.41, 5.74) is 0.693. The third-order valence-corrected chi connectivity index (χ3v) is 5.80. The lowest BCUT2D eigenvalue weighted by Gasteiger charge is -2.15. The van der Waals surface area contributed by atoms with Gasteiger partial charge in [-0.15, -0.1) is 0 Å². The van der Waals surface area contributed by atoms with E-state index in [1.165, 1.54) is 51.1 Å². The number of ether oxygens (including phenoxy) is 1. The van der Waals surface area contributed by atoms with Crippen LogP contribution in [0.3, 0.4) is 0 Å². The molecule has 0 radical (unpaired) electrons. The molecule has 1 N–H and O–H groups in total. The normalized spacial score (nSPS) is 12.1. The molecular weight excluding hydrogens is 382 g/mol. The van der Waals surface area contributed by atoms with Gasteiger partial charge in [-0.25, -0.2) is 13.2 Å². The van der Waals surface area contributed by atoms with Crippen LogP contribution in [0.5, 0.6) is 0 Å². The van der Waals surface area contributed by atoms with Gasteiger partial charge in [-0.2, -0.15) is 0 Å². The molecule has 0 fully saturated rings. The van der Waals surface area contributed by atoms with E-state index in [0.29, 0.717) is 11.3 Å². The maximum Gasteiger partial charge on any atom is 0.340 e. The standard InChI is InChI=1S/C20H21NO6S/c1-4-28(25,26)18-11-6-5-10-17(18)20(24)27-14(3)19(23)21-16-9-7-8-15(12-16)13(2)22/h5-12,14H,4H2,1-3H3,(H,21,23)/t14-/m1/s1. The van der Waals surface area contributed by atoms with Crippen molar-refractivity contribution in [2.75, 3.05) is 11.1 Å². The summed E-state index contributed by atoms with van der Waals surface area (Å²) in [5.74, 6) is -1.83. The van der Waals surface area contributed by atoms with Gasteiger partial charge in [0.05, 0.1) is 16.2 Å². The monoisotopic (exact) mass is 403 g/mol. The van der Waals surface area contributed by atoms with E-state index in [1.807, 2.05) is 0 Å². The van der Waals surface area contributed by atoms with Crippen LogP contribution in [0.4, 0.5) is 5.69 Å². The Hall–Kier alpha value is -3.00. The molecule has 1 atom stereocenters. The molecule has 2 aromatic rings. The number of esters is 1. The molecular formula is C20H21NO6S. The van der Waals surface area contributed by atoms with Crippen LogP contribution < -0.4 is 5.32 Å². The van der Waals surface area contributed by atoms with Crippen molar-refractivity contribution in [3.05, 3.63) is 59.7 Å². The molecule has 28 heavy (non-hydrogen) atoms. The molecule has 148 valence electrons. The van der Waals surface area contributed by atoms with E-state index < -0.39 is 27.8 Å². The number of hydrogen-bond donors (Lipinski definition) is 1. The van der Waals surface area contributed by atoms with Gasteiger partial charge in [0, 0.05) is 11.3 Å². The lowest BCUT2D eigenvalue weighted by molar-refractivity contribution is -0.123. The van der Waals surface area contributed by atoms with E-state index in [4.69, 9.17) is 4.74 Å². The Morgan fingerprint density at radius 3 is 2.39 bits per heavy atom. The molecule has 0 saturated heterocycles. The van der Waals surface area contributed by atoms with Gasteiger partial charge in [0.25, 0.3) is 5.91 Å². The predicted molar refractivity (Wildman–Crippen MR) is 104 cm³/mol. The molecule has 0 bridgehead atoms. The van der Waals surface area contributed by atoms with Crippen molar-refractivity contribution in [1.82, 2.24) is 0 Å². The van der Waals surface area contributed by atoms with E-state index in [9.17, 15) is 22.8 Å². The van der Waals surface area contributed by atoms with Crippen molar-refractivity contribution in [3.8, 4) is 0 Å². The molecule has 2 aromatic carbocycles. The number of hydrogen-bond acceptors (Lipinski definition) is 6. The summed E-state index contributed by atoms with van der Waals surface area (Å²) in [5, 5.41) is 2.56. The number of Topliss-reactive ketones (excluding diaryl/α,β-unsaturated/α-hetero) is 1. The fourth-order valence-corrected chi connectivity index (χ4v) is 3.48.